The van der Waals surface area contributed by atoms with Crippen LogP contribution in [0.15, 0.2) is 12.2 Å². The number of amides is 1. The van der Waals surface area contributed by atoms with Gasteiger partial charge in [0, 0.05) is 12.8 Å². The number of ether oxygens (including phenoxy) is 1. The van der Waals surface area contributed by atoms with Crippen LogP contribution in [-0.2, 0) is 19.1 Å². The molecule has 1 amide bonds. The zero-order valence-corrected chi connectivity index (χ0v) is 38.9. The molecular formula is C52H99NO5. The Kier molecular flexibility index (Phi) is 46.3. The molecule has 0 aliphatic carbocycles. The van der Waals surface area contributed by atoms with Crippen LogP contribution < -0.4 is 5.32 Å². The van der Waals surface area contributed by atoms with Gasteiger partial charge < -0.3 is 15.2 Å². The maximum absolute atomic E-state index is 12.8. The number of nitrogens with one attached hydrogen (secondary N) is 1. The standard InChI is InChI=1S/C52H99NO5/c1-3-5-7-9-11-13-15-17-18-19-20-21-22-23-24-25-26-28-30-32-34-39-43-47-52(57)58-49(45-41-37-35-38-42-46-50(54)53-48-51(55)56)44-40-36-33-31-29-27-16-14-12-10-8-6-4-2/h31,33,49H,3-30,32,34-48H2,1-2H3,(H,53,54)(H,55,56)/b33-31-. The molecule has 0 heterocycles. The lowest BCUT2D eigenvalue weighted by molar-refractivity contribution is -0.150. The van der Waals surface area contributed by atoms with Crippen LogP contribution in [0.1, 0.15) is 290 Å². The Hall–Kier alpha value is -1.85. The number of carbonyl (C=O) groups is 3. The van der Waals surface area contributed by atoms with Crippen molar-refractivity contribution in [2.75, 3.05) is 6.54 Å². The first-order valence-electron chi connectivity index (χ1n) is 25.8. The zero-order valence-electron chi connectivity index (χ0n) is 38.9. The van der Waals surface area contributed by atoms with E-state index in [9.17, 15) is 14.4 Å². The number of hydrogen-bond donors (Lipinski definition) is 2. The number of hydrogen-bond acceptors (Lipinski definition) is 4. The molecule has 0 aromatic rings. The predicted octanol–water partition coefficient (Wildman–Crippen LogP) is 16.5. The van der Waals surface area contributed by atoms with E-state index in [4.69, 9.17) is 9.84 Å². The number of carboxylic acids is 1. The molecule has 6 heteroatoms. The third-order valence-electron chi connectivity index (χ3n) is 11.9. The van der Waals surface area contributed by atoms with Gasteiger partial charge in [0.1, 0.15) is 12.6 Å². The molecule has 0 aromatic heterocycles. The van der Waals surface area contributed by atoms with Gasteiger partial charge in [-0.2, -0.15) is 0 Å². The molecule has 0 fully saturated rings. The van der Waals surface area contributed by atoms with Crippen molar-refractivity contribution in [1.82, 2.24) is 5.32 Å². The fraction of sp³-hybridized carbons (Fsp3) is 0.904. The summed E-state index contributed by atoms with van der Waals surface area (Å²) in [5.41, 5.74) is 0. The topological polar surface area (TPSA) is 92.7 Å². The second kappa shape index (κ2) is 47.8. The van der Waals surface area contributed by atoms with Crippen molar-refractivity contribution in [3.63, 3.8) is 0 Å². The normalized spacial score (nSPS) is 12.0. The van der Waals surface area contributed by atoms with E-state index in [2.05, 4.69) is 31.3 Å². The molecule has 342 valence electrons. The number of unbranched alkanes of at least 4 members (excludes halogenated alkanes) is 35. The fourth-order valence-corrected chi connectivity index (χ4v) is 8.11. The van der Waals surface area contributed by atoms with Crippen molar-refractivity contribution < 1.29 is 24.2 Å². The van der Waals surface area contributed by atoms with Gasteiger partial charge in [0.15, 0.2) is 0 Å². The minimum absolute atomic E-state index is 0.0000528. The molecular weight excluding hydrogens is 719 g/mol. The smallest absolute Gasteiger partial charge is 0.322 e. The second-order valence-corrected chi connectivity index (χ2v) is 17.8. The van der Waals surface area contributed by atoms with Crippen LogP contribution >= 0.6 is 0 Å². The van der Waals surface area contributed by atoms with Crippen molar-refractivity contribution in [2.24, 2.45) is 0 Å². The summed E-state index contributed by atoms with van der Waals surface area (Å²) in [6.45, 7) is 4.26. The van der Waals surface area contributed by atoms with Crippen LogP contribution in [0.25, 0.3) is 0 Å². The summed E-state index contributed by atoms with van der Waals surface area (Å²) in [4.78, 5) is 35.2. The van der Waals surface area contributed by atoms with Crippen LogP contribution in [0.3, 0.4) is 0 Å². The molecule has 0 saturated carbocycles. The van der Waals surface area contributed by atoms with E-state index in [1.54, 1.807) is 0 Å². The van der Waals surface area contributed by atoms with Crippen LogP contribution in [-0.4, -0.2) is 35.6 Å². The highest BCUT2D eigenvalue weighted by Gasteiger charge is 2.14. The maximum atomic E-state index is 12.8. The van der Waals surface area contributed by atoms with E-state index in [0.29, 0.717) is 12.8 Å². The minimum Gasteiger partial charge on any atom is -0.480 e. The van der Waals surface area contributed by atoms with Crippen LogP contribution in [0.2, 0.25) is 0 Å². The van der Waals surface area contributed by atoms with E-state index < -0.39 is 5.97 Å². The first kappa shape index (κ1) is 56.1. The molecule has 0 spiro atoms. The largest absolute Gasteiger partial charge is 0.480 e. The number of carboxylic acid groups (broad SMARTS) is 1. The van der Waals surface area contributed by atoms with Crippen molar-refractivity contribution in [3.8, 4) is 0 Å². The van der Waals surface area contributed by atoms with Crippen LogP contribution in [0.5, 0.6) is 0 Å². The van der Waals surface area contributed by atoms with E-state index >= 15 is 0 Å². The van der Waals surface area contributed by atoms with Crippen molar-refractivity contribution in [3.05, 3.63) is 12.2 Å². The summed E-state index contributed by atoms with van der Waals surface area (Å²) >= 11 is 0. The Balaban J connectivity index is 4.01. The first-order chi connectivity index (χ1) is 28.5. The SMILES string of the molecule is CCCCCCCCCC/C=C\CCCC(CCCCCCCC(=O)NCC(=O)O)OC(=O)CCCCCCCCCCCCCCCCCCCCCCCCC. The van der Waals surface area contributed by atoms with Gasteiger partial charge in [-0.3, -0.25) is 14.4 Å². The maximum Gasteiger partial charge on any atom is 0.322 e. The number of rotatable bonds is 48. The lowest BCUT2D eigenvalue weighted by Crippen LogP contribution is -2.28. The number of esters is 1. The molecule has 0 saturated heterocycles. The molecule has 6 nitrogen and oxygen atoms in total. The van der Waals surface area contributed by atoms with Gasteiger partial charge in [0.05, 0.1) is 0 Å². The predicted molar refractivity (Wildman–Crippen MR) is 250 cm³/mol. The Bertz CT molecular complexity index is 904. The van der Waals surface area contributed by atoms with Gasteiger partial charge in [-0.1, -0.05) is 231 Å². The number of aliphatic carboxylic acids is 1. The zero-order chi connectivity index (χ0) is 42.3. The van der Waals surface area contributed by atoms with Crippen molar-refractivity contribution in [2.45, 2.75) is 296 Å². The molecule has 58 heavy (non-hydrogen) atoms. The van der Waals surface area contributed by atoms with E-state index in [1.165, 1.54) is 193 Å². The summed E-state index contributed by atoms with van der Waals surface area (Å²) in [5, 5.41) is 11.1. The first-order valence-corrected chi connectivity index (χ1v) is 25.8. The Morgan fingerprint density at radius 1 is 0.431 bits per heavy atom. The Morgan fingerprint density at radius 2 is 0.759 bits per heavy atom. The molecule has 0 aliphatic rings. The fourth-order valence-electron chi connectivity index (χ4n) is 8.11. The molecule has 0 aliphatic heterocycles. The molecule has 0 bridgehead atoms. The Morgan fingerprint density at radius 3 is 1.17 bits per heavy atom. The van der Waals surface area contributed by atoms with Gasteiger partial charge in [0.2, 0.25) is 5.91 Å². The molecule has 2 N–H and O–H groups in total. The monoisotopic (exact) mass is 818 g/mol. The highest BCUT2D eigenvalue weighted by atomic mass is 16.5. The summed E-state index contributed by atoms with van der Waals surface area (Å²) in [5.74, 6) is -1.23. The lowest BCUT2D eigenvalue weighted by atomic mass is 10.0. The average Bonchev–Trinajstić information content (AvgIpc) is 3.21. The lowest BCUT2D eigenvalue weighted by Gasteiger charge is -2.18. The summed E-state index contributed by atoms with van der Waals surface area (Å²) < 4.78 is 6.05. The third kappa shape index (κ3) is 46.8. The average molecular weight is 818 g/mol. The summed E-state index contributed by atoms with van der Waals surface area (Å²) in [6, 6.07) is 0. The summed E-state index contributed by atoms with van der Waals surface area (Å²) in [6.07, 6.45) is 58.0. The minimum atomic E-state index is -1.01. The van der Waals surface area contributed by atoms with Crippen molar-refractivity contribution in [1.29, 1.82) is 0 Å². The Labute approximate surface area is 361 Å². The van der Waals surface area contributed by atoms with Gasteiger partial charge in [-0.05, 0) is 57.8 Å². The second-order valence-electron chi connectivity index (χ2n) is 17.8. The highest BCUT2D eigenvalue weighted by molar-refractivity contribution is 5.80. The van der Waals surface area contributed by atoms with Crippen molar-refractivity contribution >= 4 is 17.8 Å². The number of carbonyl (C=O) groups excluding carboxylic acids is 2. The number of allylic oxidation sites excluding steroid dienone is 2. The van der Waals surface area contributed by atoms with E-state index in [-0.39, 0.29) is 24.5 Å². The van der Waals surface area contributed by atoms with Crippen LogP contribution in [0, 0.1) is 0 Å². The third-order valence-corrected chi connectivity index (χ3v) is 11.9. The van der Waals surface area contributed by atoms with Crippen LogP contribution in [0.4, 0.5) is 0 Å². The van der Waals surface area contributed by atoms with Gasteiger partial charge in [0.25, 0.3) is 0 Å². The quantitative estimate of drug-likeness (QED) is 0.0362. The molecule has 1 unspecified atom stereocenters. The van der Waals surface area contributed by atoms with Gasteiger partial charge in [-0.15, -0.1) is 0 Å². The molecule has 0 radical (unpaired) electrons. The van der Waals surface area contributed by atoms with Gasteiger partial charge in [-0.25, -0.2) is 0 Å². The van der Waals surface area contributed by atoms with Gasteiger partial charge >= 0.3 is 11.9 Å². The molecule has 0 aromatic carbocycles. The van der Waals surface area contributed by atoms with E-state index in [1.807, 2.05) is 0 Å². The summed E-state index contributed by atoms with van der Waals surface area (Å²) in [7, 11) is 0. The van der Waals surface area contributed by atoms with E-state index in [0.717, 1.165) is 70.6 Å². The molecule has 1 atom stereocenters. The molecule has 0 rings (SSSR count). The highest BCUT2D eigenvalue weighted by Crippen LogP contribution is 2.19.